The van der Waals surface area contributed by atoms with Crippen molar-refractivity contribution in [2.75, 3.05) is 0 Å². The van der Waals surface area contributed by atoms with Gasteiger partial charge in [0.05, 0.1) is 6.42 Å². The lowest BCUT2D eigenvalue weighted by molar-refractivity contribution is 0.0907. The van der Waals surface area contributed by atoms with Crippen molar-refractivity contribution in [1.82, 2.24) is 9.78 Å². The fraction of sp³-hybridized carbons (Fsp3) is 0.167. The zero-order valence-corrected chi connectivity index (χ0v) is 7.08. The molecule has 0 aliphatic carbocycles. The fourth-order valence-corrected chi connectivity index (χ4v) is 1.29. The number of aliphatic imine (C=N–C) groups is 1. The Morgan fingerprint density at radius 3 is 3.18 bits per heavy atom. The SMILES string of the molecule is O=C1CC=Nc2cc(Br)nn21. The Bertz CT molecular complexity index is 342. The monoisotopic (exact) mass is 213 g/mol. The minimum absolute atomic E-state index is 0.0410. The molecule has 11 heavy (non-hydrogen) atoms. The second-order valence-electron chi connectivity index (χ2n) is 2.15. The van der Waals surface area contributed by atoms with Gasteiger partial charge in [-0.25, -0.2) is 4.99 Å². The molecule has 2 rings (SSSR count). The lowest BCUT2D eigenvalue weighted by Crippen LogP contribution is -2.14. The van der Waals surface area contributed by atoms with Crippen LogP contribution in [0, 0.1) is 0 Å². The normalized spacial score (nSPS) is 15.2. The largest absolute Gasteiger partial charge is 0.272 e. The maximum atomic E-state index is 11.1. The van der Waals surface area contributed by atoms with Crippen LogP contribution in [0.25, 0.3) is 0 Å². The van der Waals surface area contributed by atoms with E-state index in [-0.39, 0.29) is 5.91 Å². The summed E-state index contributed by atoms with van der Waals surface area (Å²) in [4.78, 5) is 15.1. The summed E-state index contributed by atoms with van der Waals surface area (Å²) in [6.07, 6.45) is 1.92. The zero-order chi connectivity index (χ0) is 7.84. The molecule has 0 spiro atoms. The van der Waals surface area contributed by atoms with Crippen molar-refractivity contribution in [2.24, 2.45) is 4.99 Å². The number of fused-ring (bicyclic) bond motifs is 1. The Morgan fingerprint density at radius 1 is 1.64 bits per heavy atom. The average Bonchev–Trinajstić information content (AvgIpc) is 2.31. The van der Waals surface area contributed by atoms with Gasteiger partial charge in [-0.3, -0.25) is 4.79 Å². The molecule has 1 aliphatic heterocycles. The smallest absolute Gasteiger partial charge is 0.254 e. The third-order valence-corrected chi connectivity index (χ3v) is 1.77. The van der Waals surface area contributed by atoms with Gasteiger partial charge in [-0.15, -0.1) is 0 Å². The first-order valence-corrected chi connectivity index (χ1v) is 3.88. The van der Waals surface area contributed by atoms with E-state index in [1.165, 1.54) is 4.68 Å². The Morgan fingerprint density at radius 2 is 2.45 bits per heavy atom. The number of carbonyl (C=O) groups is 1. The predicted octanol–water partition coefficient (Wildman–Crippen LogP) is 1.39. The first-order valence-electron chi connectivity index (χ1n) is 3.08. The van der Waals surface area contributed by atoms with Crippen LogP contribution in [0.2, 0.25) is 0 Å². The zero-order valence-electron chi connectivity index (χ0n) is 5.49. The van der Waals surface area contributed by atoms with Gasteiger partial charge >= 0.3 is 0 Å². The minimum atomic E-state index is -0.0410. The molecule has 56 valence electrons. The van der Waals surface area contributed by atoms with Crippen LogP contribution in [-0.2, 0) is 0 Å². The highest BCUT2D eigenvalue weighted by molar-refractivity contribution is 9.10. The van der Waals surface area contributed by atoms with Crippen LogP contribution in [0.3, 0.4) is 0 Å². The standard InChI is InChI=1S/C6H4BrN3O/c7-4-3-5-8-2-1-6(11)10(5)9-4/h2-3H,1H2. The van der Waals surface area contributed by atoms with Crippen LogP contribution >= 0.6 is 15.9 Å². The van der Waals surface area contributed by atoms with Gasteiger partial charge in [0.15, 0.2) is 5.82 Å². The molecule has 0 fully saturated rings. The Balaban J connectivity index is 2.62. The Hall–Kier alpha value is -0.970. The fourth-order valence-electron chi connectivity index (χ4n) is 0.923. The molecule has 0 bridgehead atoms. The molecule has 1 aromatic rings. The quantitative estimate of drug-likeness (QED) is 0.655. The number of rotatable bonds is 0. The van der Waals surface area contributed by atoms with E-state index >= 15 is 0 Å². The highest BCUT2D eigenvalue weighted by Crippen LogP contribution is 2.20. The lowest BCUT2D eigenvalue weighted by Gasteiger charge is -2.03. The van der Waals surface area contributed by atoms with Gasteiger partial charge in [-0.2, -0.15) is 9.78 Å². The van der Waals surface area contributed by atoms with E-state index in [0.29, 0.717) is 16.8 Å². The van der Waals surface area contributed by atoms with E-state index in [1.807, 2.05) is 0 Å². The summed E-state index contributed by atoms with van der Waals surface area (Å²) in [6, 6.07) is 1.70. The summed E-state index contributed by atoms with van der Waals surface area (Å²) in [5.41, 5.74) is 0. The van der Waals surface area contributed by atoms with Crippen molar-refractivity contribution in [3.63, 3.8) is 0 Å². The number of aromatic nitrogens is 2. The van der Waals surface area contributed by atoms with Gasteiger partial charge in [0.1, 0.15) is 4.60 Å². The second-order valence-corrected chi connectivity index (χ2v) is 2.96. The van der Waals surface area contributed by atoms with Crippen molar-refractivity contribution >= 4 is 33.9 Å². The van der Waals surface area contributed by atoms with Gasteiger partial charge < -0.3 is 0 Å². The Labute approximate surface area is 71.1 Å². The van der Waals surface area contributed by atoms with Crippen molar-refractivity contribution in [3.8, 4) is 0 Å². The summed E-state index contributed by atoms with van der Waals surface area (Å²) >= 11 is 3.16. The van der Waals surface area contributed by atoms with Gasteiger partial charge in [0.2, 0.25) is 0 Å². The molecule has 0 radical (unpaired) electrons. The predicted molar refractivity (Wildman–Crippen MR) is 43.3 cm³/mol. The van der Waals surface area contributed by atoms with Crippen LogP contribution < -0.4 is 0 Å². The third kappa shape index (κ3) is 1.01. The van der Waals surface area contributed by atoms with Gasteiger partial charge in [0.25, 0.3) is 5.91 Å². The highest BCUT2D eigenvalue weighted by Gasteiger charge is 2.14. The first kappa shape index (κ1) is 6.72. The molecule has 5 heteroatoms. The molecular formula is C6H4BrN3O. The van der Waals surface area contributed by atoms with E-state index in [9.17, 15) is 4.79 Å². The van der Waals surface area contributed by atoms with Crippen LogP contribution in [0.4, 0.5) is 5.82 Å². The van der Waals surface area contributed by atoms with E-state index in [2.05, 4.69) is 26.0 Å². The number of halogens is 1. The van der Waals surface area contributed by atoms with Crippen molar-refractivity contribution in [3.05, 3.63) is 10.7 Å². The highest BCUT2D eigenvalue weighted by atomic mass is 79.9. The average molecular weight is 214 g/mol. The molecule has 1 aliphatic rings. The van der Waals surface area contributed by atoms with Crippen LogP contribution in [0.1, 0.15) is 11.2 Å². The van der Waals surface area contributed by atoms with E-state index in [1.54, 1.807) is 12.3 Å². The van der Waals surface area contributed by atoms with Gasteiger partial charge in [-0.05, 0) is 15.9 Å². The molecule has 2 heterocycles. The molecule has 0 unspecified atom stereocenters. The third-order valence-electron chi connectivity index (χ3n) is 1.39. The van der Waals surface area contributed by atoms with Crippen LogP contribution in [0.15, 0.2) is 15.7 Å². The number of hydrogen-bond donors (Lipinski definition) is 0. The van der Waals surface area contributed by atoms with Crippen molar-refractivity contribution in [1.29, 1.82) is 0 Å². The first-order chi connectivity index (χ1) is 5.27. The molecule has 0 N–H and O–H groups in total. The molecule has 0 saturated heterocycles. The van der Waals surface area contributed by atoms with Crippen LogP contribution in [0.5, 0.6) is 0 Å². The lowest BCUT2D eigenvalue weighted by atomic mass is 10.4. The molecule has 4 nitrogen and oxygen atoms in total. The molecule has 0 amide bonds. The summed E-state index contributed by atoms with van der Waals surface area (Å²) in [7, 11) is 0. The maximum Gasteiger partial charge on any atom is 0.254 e. The van der Waals surface area contributed by atoms with Gasteiger partial charge in [0, 0.05) is 12.3 Å². The van der Waals surface area contributed by atoms with E-state index in [0.717, 1.165) is 0 Å². The molecule has 0 aromatic carbocycles. The van der Waals surface area contributed by atoms with Crippen molar-refractivity contribution in [2.45, 2.75) is 6.42 Å². The molecule has 0 atom stereocenters. The number of nitrogens with zero attached hydrogens (tertiary/aromatic N) is 3. The molecule has 1 aromatic heterocycles. The number of hydrogen-bond acceptors (Lipinski definition) is 3. The topological polar surface area (TPSA) is 47.2 Å². The summed E-state index contributed by atoms with van der Waals surface area (Å²) in [6.45, 7) is 0. The van der Waals surface area contributed by atoms with Crippen LogP contribution in [-0.4, -0.2) is 21.9 Å². The molecular weight excluding hydrogens is 210 g/mol. The van der Waals surface area contributed by atoms with E-state index in [4.69, 9.17) is 0 Å². The Kier molecular flexibility index (Phi) is 1.38. The summed E-state index contributed by atoms with van der Waals surface area (Å²) in [5, 5.41) is 3.90. The van der Waals surface area contributed by atoms with E-state index < -0.39 is 0 Å². The number of carbonyl (C=O) groups excluding carboxylic acids is 1. The van der Waals surface area contributed by atoms with Gasteiger partial charge in [-0.1, -0.05) is 0 Å². The molecule has 0 saturated carbocycles. The maximum absolute atomic E-state index is 11.1. The second kappa shape index (κ2) is 2.27. The minimum Gasteiger partial charge on any atom is -0.272 e. The summed E-state index contributed by atoms with van der Waals surface area (Å²) < 4.78 is 1.93. The van der Waals surface area contributed by atoms with Crippen molar-refractivity contribution < 1.29 is 4.79 Å². The summed E-state index contributed by atoms with van der Waals surface area (Å²) in [5.74, 6) is 0.550.